The number of hydrogen-bond donors (Lipinski definition) is 0. The summed E-state index contributed by atoms with van der Waals surface area (Å²) in [7, 11) is 0. The van der Waals surface area contributed by atoms with Crippen molar-refractivity contribution < 1.29 is 0 Å². The summed E-state index contributed by atoms with van der Waals surface area (Å²) >= 11 is 0. The molecule has 0 aliphatic carbocycles. The van der Waals surface area contributed by atoms with Crippen LogP contribution in [0.25, 0.3) is 86.9 Å². The predicted molar refractivity (Wildman–Crippen MR) is 219 cm³/mol. The van der Waals surface area contributed by atoms with Gasteiger partial charge >= 0.3 is 0 Å². The molecule has 0 aliphatic heterocycles. The fourth-order valence-electron chi connectivity index (χ4n) is 8.96. The lowest BCUT2D eigenvalue weighted by Gasteiger charge is -2.27. The molecule has 0 fully saturated rings. The molecule has 0 N–H and O–H groups in total. The van der Waals surface area contributed by atoms with Gasteiger partial charge in [-0.05, 0) is 112 Å². The lowest BCUT2D eigenvalue weighted by molar-refractivity contribution is 1.30. The Labute approximate surface area is 295 Å². The highest BCUT2D eigenvalue weighted by atomic mass is 15.1. The van der Waals surface area contributed by atoms with E-state index in [9.17, 15) is 0 Å². The SMILES string of the molecule is c1ccc(-c2c3c4cccc5cccc(c3c(-c3ccccc3)c3c6ccc(N(c7ccccc7)c7ccccc7)c7cccc(c23)c76)c54)cc1. The minimum Gasteiger partial charge on any atom is -0.310 e. The average molecular weight is 646 g/mol. The summed E-state index contributed by atoms with van der Waals surface area (Å²) in [6, 6.07) is 68.9. The van der Waals surface area contributed by atoms with Gasteiger partial charge < -0.3 is 4.90 Å². The van der Waals surface area contributed by atoms with Gasteiger partial charge in [0.1, 0.15) is 0 Å². The van der Waals surface area contributed by atoms with Gasteiger partial charge in [0, 0.05) is 16.8 Å². The van der Waals surface area contributed by atoms with Crippen molar-refractivity contribution in [3.05, 3.63) is 188 Å². The first-order chi connectivity index (χ1) is 25.4. The Morgan fingerprint density at radius 2 is 0.647 bits per heavy atom. The third-order valence-electron chi connectivity index (χ3n) is 10.9. The van der Waals surface area contributed by atoms with Gasteiger partial charge in [0.15, 0.2) is 0 Å². The lowest BCUT2D eigenvalue weighted by atomic mass is 9.87. The zero-order valence-corrected chi connectivity index (χ0v) is 27.8. The van der Waals surface area contributed by atoms with Crippen LogP contribution in [0.15, 0.2) is 188 Å². The van der Waals surface area contributed by atoms with Crippen molar-refractivity contribution in [3.63, 3.8) is 0 Å². The van der Waals surface area contributed by atoms with Gasteiger partial charge in [0.25, 0.3) is 0 Å². The molecular weight excluding hydrogens is 615 g/mol. The average Bonchev–Trinajstić information content (AvgIpc) is 3.71. The topological polar surface area (TPSA) is 3.24 Å². The second kappa shape index (κ2) is 10.9. The molecule has 0 aromatic heterocycles. The molecule has 236 valence electrons. The third kappa shape index (κ3) is 3.98. The number of rotatable bonds is 5. The molecule has 11 aromatic carbocycles. The van der Waals surface area contributed by atoms with Crippen LogP contribution in [0.3, 0.4) is 0 Å². The minimum absolute atomic E-state index is 1.14. The summed E-state index contributed by atoms with van der Waals surface area (Å²) in [4.78, 5) is 2.40. The maximum absolute atomic E-state index is 2.40. The summed E-state index contributed by atoms with van der Waals surface area (Å²) in [5, 5.41) is 15.7. The normalized spacial score (nSPS) is 11.9. The zero-order chi connectivity index (χ0) is 33.5. The fourth-order valence-corrected chi connectivity index (χ4v) is 8.96. The summed E-state index contributed by atoms with van der Waals surface area (Å²) in [5.74, 6) is 0. The first-order valence-corrected chi connectivity index (χ1v) is 17.7. The van der Waals surface area contributed by atoms with Crippen LogP contribution in [-0.2, 0) is 0 Å². The van der Waals surface area contributed by atoms with Gasteiger partial charge in [0.05, 0.1) is 5.69 Å². The van der Waals surface area contributed by atoms with Crippen molar-refractivity contribution >= 4 is 81.7 Å². The van der Waals surface area contributed by atoms with E-state index in [1.165, 1.54) is 92.6 Å². The van der Waals surface area contributed by atoms with Gasteiger partial charge in [-0.2, -0.15) is 0 Å². The van der Waals surface area contributed by atoms with E-state index in [-0.39, 0.29) is 0 Å². The van der Waals surface area contributed by atoms with Crippen LogP contribution in [0.2, 0.25) is 0 Å². The number of anilines is 3. The fraction of sp³-hybridized carbons (Fsp3) is 0. The Hall–Kier alpha value is -6.70. The number of para-hydroxylation sites is 2. The number of nitrogens with zero attached hydrogens (tertiary/aromatic N) is 1. The van der Waals surface area contributed by atoms with Crippen molar-refractivity contribution in [2.75, 3.05) is 4.90 Å². The molecular formula is C50H31N. The van der Waals surface area contributed by atoms with Crippen LogP contribution in [0.4, 0.5) is 17.1 Å². The highest BCUT2D eigenvalue weighted by Crippen LogP contribution is 2.56. The number of hydrogen-bond acceptors (Lipinski definition) is 1. The number of fused-ring (bicyclic) bond motifs is 6. The highest BCUT2D eigenvalue weighted by molar-refractivity contribution is 6.46. The second-order valence-electron chi connectivity index (χ2n) is 13.6. The standard InChI is InChI=1S/C50H31N/c1-5-16-33(17-6-1)44-47-38-27-13-20-32-21-14-28-39(43(32)38)48(47)45(34-18-7-2-8-19-34)50-41-30-31-42(37-26-15-29-40(46(37)41)49(44)50)51(35-22-9-3-10-23-35)36-24-11-4-12-25-36/h1-31H. The molecule has 0 radical (unpaired) electrons. The Balaban J connectivity index is 1.39. The first kappa shape index (κ1) is 28.2. The largest absolute Gasteiger partial charge is 0.310 e. The van der Waals surface area contributed by atoms with E-state index in [0.29, 0.717) is 0 Å². The van der Waals surface area contributed by atoms with Gasteiger partial charge in [-0.15, -0.1) is 0 Å². The van der Waals surface area contributed by atoms with Crippen molar-refractivity contribution in [2.24, 2.45) is 0 Å². The van der Waals surface area contributed by atoms with Gasteiger partial charge in [-0.3, -0.25) is 0 Å². The molecule has 0 aliphatic rings. The van der Waals surface area contributed by atoms with Crippen LogP contribution in [0.5, 0.6) is 0 Å². The van der Waals surface area contributed by atoms with Crippen molar-refractivity contribution in [1.82, 2.24) is 0 Å². The van der Waals surface area contributed by atoms with Crippen LogP contribution >= 0.6 is 0 Å². The highest BCUT2D eigenvalue weighted by Gasteiger charge is 2.28. The van der Waals surface area contributed by atoms with Crippen molar-refractivity contribution in [3.8, 4) is 22.3 Å². The maximum atomic E-state index is 2.40. The molecule has 0 spiro atoms. The van der Waals surface area contributed by atoms with Crippen LogP contribution < -0.4 is 4.90 Å². The Morgan fingerprint density at radius 1 is 0.255 bits per heavy atom. The molecule has 11 rings (SSSR count). The molecule has 0 bridgehead atoms. The number of benzene rings is 9. The summed E-state index contributed by atoms with van der Waals surface area (Å²) in [6.07, 6.45) is 0. The Morgan fingerprint density at radius 3 is 1.14 bits per heavy atom. The summed E-state index contributed by atoms with van der Waals surface area (Å²) < 4.78 is 0. The van der Waals surface area contributed by atoms with Crippen LogP contribution in [0.1, 0.15) is 0 Å². The Kier molecular flexibility index (Phi) is 6.02. The molecule has 0 atom stereocenters. The molecule has 51 heavy (non-hydrogen) atoms. The molecule has 0 unspecified atom stereocenters. The van der Waals surface area contributed by atoms with E-state index >= 15 is 0 Å². The van der Waals surface area contributed by atoms with E-state index in [1.54, 1.807) is 0 Å². The lowest BCUT2D eigenvalue weighted by Crippen LogP contribution is -2.10. The second-order valence-corrected chi connectivity index (χ2v) is 13.6. The smallest absolute Gasteiger partial charge is 0.0540 e. The summed E-state index contributed by atoms with van der Waals surface area (Å²) in [6.45, 7) is 0. The molecule has 11 aromatic rings. The predicted octanol–water partition coefficient (Wildman–Crippen LogP) is 14.3. The maximum Gasteiger partial charge on any atom is 0.0540 e. The molecule has 1 heteroatoms. The molecule has 0 saturated heterocycles. The molecule has 0 heterocycles. The van der Waals surface area contributed by atoms with Crippen molar-refractivity contribution in [1.29, 1.82) is 0 Å². The molecule has 0 saturated carbocycles. The minimum atomic E-state index is 1.14. The van der Waals surface area contributed by atoms with E-state index in [0.717, 1.165) is 11.4 Å². The third-order valence-corrected chi connectivity index (χ3v) is 10.9. The zero-order valence-electron chi connectivity index (χ0n) is 27.8. The monoisotopic (exact) mass is 645 g/mol. The van der Waals surface area contributed by atoms with E-state index in [2.05, 4.69) is 193 Å². The van der Waals surface area contributed by atoms with Crippen LogP contribution in [-0.4, -0.2) is 0 Å². The van der Waals surface area contributed by atoms with Crippen LogP contribution in [0, 0.1) is 0 Å². The summed E-state index contributed by atoms with van der Waals surface area (Å²) in [5.41, 5.74) is 8.57. The van der Waals surface area contributed by atoms with Gasteiger partial charge in [-0.25, -0.2) is 0 Å². The van der Waals surface area contributed by atoms with E-state index < -0.39 is 0 Å². The molecule has 0 amide bonds. The van der Waals surface area contributed by atoms with Gasteiger partial charge in [0.2, 0.25) is 0 Å². The Bertz CT molecular complexity index is 2870. The van der Waals surface area contributed by atoms with E-state index in [1.807, 2.05) is 0 Å². The van der Waals surface area contributed by atoms with Gasteiger partial charge in [-0.1, -0.05) is 158 Å². The first-order valence-electron chi connectivity index (χ1n) is 17.7. The quantitative estimate of drug-likeness (QED) is 0.180. The molecule has 1 nitrogen and oxygen atoms in total. The van der Waals surface area contributed by atoms with E-state index in [4.69, 9.17) is 0 Å². The van der Waals surface area contributed by atoms with Crippen molar-refractivity contribution in [2.45, 2.75) is 0 Å².